The van der Waals surface area contributed by atoms with E-state index in [0.717, 1.165) is 19.0 Å². The second-order valence-corrected chi connectivity index (χ2v) is 5.43. The minimum atomic E-state index is -1.37. The van der Waals surface area contributed by atoms with Gasteiger partial charge >= 0.3 is 7.12 Å². The van der Waals surface area contributed by atoms with Gasteiger partial charge in [0.15, 0.2) is 0 Å². The molecule has 2 N–H and O–H groups in total. The molecule has 1 aromatic rings. The Morgan fingerprint density at radius 2 is 1.72 bits per heavy atom. The first-order chi connectivity index (χ1) is 8.58. The number of rotatable bonds is 3. The van der Waals surface area contributed by atoms with Gasteiger partial charge in [-0.25, -0.2) is 0 Å². The third-order valence-corrected chi connectivity index (χ3v) is 4.08. The topological polar surface area (TPSA) is 43.7 Å². The third-order valence-electron chi connectivity index (χ3n) is 4.08. The lowest BCUT2D eigenvalue weighted by Gasteiger charge is -2.35. The summed E-state index contributed by atoms with van der Waals surface area (Å²) < 4.78 is 0. The molecular formula is C14H22BNO2. The minimum absolute atomic E-state index is 0.405. The van der Waals surface area contributed by atoms with Gasteiger partial charge in [0, 0.05) is 6.04 Å². The summed E-state index contributed by atoms with van der Waals surface area (Å²) in [4.78, 5) is 2.50. The maximum atomic E-state index is 9.08. The second kappa shape index (κ2) is 5.87. The summed E-state index contributed by atoms with van der Waals surface area (Å²) in [6.07, 6.45) is 2.55. The summed E-state index contributed by atoms with van der Waals surface area (Å²) >= 11 is 0. The molecule has 0 spiro atoms. The van der Waals surface area contributed by atoms with E-state index in [0.29, 0.717) is 11.5 Å². The zero-order valence-electron chi connectivity index (χ0n) is 11.2. The number of hydrogen-bond donors (Lipinski definition) is 2. The Labute approximate surface area is 110 Å². The van der Waals surface area contributed by atoms with Gasteiger partial charge in [0.05, 0.1) is 0 Å². The number of likely N-dealkylation sites (tertiary alicyclic amines) is 1. The average Bonchev–Trinajstić information content (AvgIpc) is 2.39. The largest absolute Gasteiger partial charge is 0.488 e. The van der Waals surface area contributed by atoms with Gasteiger partial charge in [0.25, 0.3) is 0 Å². The predicted octanol–water partition coefficient (Wildman–Crippen LogP) is 1.16. The van der Waals surface area contributed by atoms with Crippen molar-refractivity contribution in [3.8, 4) is 0 Å². The lowest BCUT2D eigenvalue weighted by atomic mass is 9.80. The van der Waals surface area contributed by atoms with E-state index < -0.39 is 7.12 Å². The predicted molar refractivity (Wildman–Crippen MR) is 74.7 cm³/mol. The number of benzene rings is 1. The standard InChI is InChI=1S/C14H22BNO2/c1-11-7-9-16(10-8-11)12(2)13-3-5-14(6-4-13)15(17)18/h3-6,11-12,17-18H,7-10H2,1-2H3/t12-/m0/s1. The summed E-state index contributed by atoms with van der Waals surface area (Å²) in [6, 6.07) is 7.99. The van der Waals surface area contributed by atoms with Crippen molar-refractivity contribution in [2.45, 2.75) is 32.7 Å². The highest BCUT2D eigenvalue weighted by atomic mass is 16.4. The van der Waals surface area contributed by atoms with Crippen LogP contribution in [0.5, 0.6) is 0 Å². The highest BCUT2D eigenvalue weighted by Crippen LogP contribution is 2.25. The quantitative estimate of drug-likeness (QED) is 0.788. The molecule has 1 fully saturated rings. The van der Waals surface area contributed by atoms with E-state index in [2.05, 4.69) is 18.7 Å². The normalized spacial score (nSPS) is 19.8. The van der Waals surface area contributed by atoms with E-state index in [1.165, 1.54) is 18.4 Å². The second-order valence-electron chi connectivity index (χ2n) is 5.43. The maximum Gasteiger partial charge on any atom is 0.488 e. The van der Waals surface area contributed by atoms with Crippen molar-refractivity contribution >= 4 is 12.6 Å². The molecule has 0 radical (unpaired) electrons. The third kappa shape index (κ3) is 3.13. The van der Waals surface area contributed by atoms with Crippen molar-refractivity contribution in [2.75, 3.05) is 13.1 Å². The van der Waals surface area contributed by atoms with Crippen molar-refractivity contribution in [1.82, 2.24) is 4.90 Å². The van der Waals surface area contributed by atoms with Crippen LogP contribution in [-0.2, 0) is 0 Å². The molecular weight excluding hydrogens is 225 g/mol. The summed E-state index contributed by atoms with van der Waals surface area (Å²) in [5.74, 6) is 0.848. The van der Waals surface area contributed by atoms with Gasteiger partial charge in [-0.05, 0) is 49.8 Å². The van der Waals surface area contributed by atoms with Crippen LogP contribution in [-0.4, -0.2) is 35.2 Å². The average molecular weight is 247 g/mol. The molecule has 1 heterocycles. The van der Waals surface area contributed by atoms with Crippen LogP contribution < -0.4 is 5.46 Å². The Hall–Kier alpha value is -0.835. The molecule has 3 nitrogen and oxygen atoms in total. The summed E-state index contributed by atoms with van der Waals surface area (Å²) in [6.45, 7) is 6.86. The van der Waals surface area contributed by atoms with Crippen molar-refractivity contribution in [3.63, 3.8) is 0 Å². The Kier molecular flexibility index (Phi) is 4.43. The monoisotopic (exact) mass is 247 g/mol. The van der Waals surface area contributed by atoms with Crippen LogP contribution >= 0.6 is 0 Å². The molecule has 1 atom stereocenters. The zero-order chi connectivity index (χ0) is 13.1. The van der Waals surface area contributed by atoms with Crippen LogP contribution in [0.2, 0.25) is 0 Å². The van der Waals surface area contributed by atoms with E-state index in [9.17, 15) is 0 Å². The van der Waals surface area contributed by atoms with Crippen molar-refractivity contribution < 1.29 is 10.0 Å². The molecule has 1 saturated heterocycles. The van der Waals surface area contributed by atoms with E-state index in [4.69, 9.17) is 10.0 Å². The van der Waals surface area contributed by atoms with Crippen LogP contribution in [0.4, 0.5) is 0 Å². The molecule has 0 amide bonds. The smallest absolute Gasteiger partial charge is 0.423 e. The molecule has 1 aliphatic heterocycles. The van der Waals surface area contributed by atoms with Crippen LogP contribution in [0.25, 0.3) is 0 Å². The Morgan fingerprint density at radius 3 is 2.22 bits per heavy atom. The Bertz CT molecular complexity index is 372. The van der Waals surface area contributed by atoms with Crippen LogP contribution in [0.3, 0.4) is 0 Å². The molecule has 18 heavy (non-hydrogen) atoms. The minimum Gasteiger partial charge on any atom is -0.423 e. The fourth-order valence-corrected chi connectivity index (χ4v) is 2.57. The molecule has 1 aromatic carbocycles. The number of piperidine rings is 1. The molecule has 0 bridgehead atoms. The Balaban J connectivity index is 2.02. The highest BCUT2D eigenvalue weighted by Gasteiger charge is 2.21. The van der Waals surface area contributed by atoms with Gasteiger partial charge < -0.3 is 10.0 Å². The van der Waals surface area contributed by atoms with Gasteiger partial charge in [-0.15, -0.1) is 0 Å². The van der Waals surface area contributed by atoms with E-state index >= 15 is 0 Å². The van der Waals surface area contributed by atoms with E-state index in [1.54, 1.807) is 12.1 Å². The lowest BCUT2D eigenvalue weighted by molar-refractivity contribution is 0.147. The molecule has 0 aliphatic carbocycles. The van der Waals surface area contributed by atoms with Gasteiger partial charge in [0.1, 0.15) is 0 Å². The van der Waals surface area contributed by atoms with E-state index in [1.807, 2.05) is 12.1 Å². The molecule has 4 heteroatoms. The molecule has 0 unspecified atom stereocenters. The maximum absolute atomic E-state index is 9.08. The SMILES string of the molecule is CC1CCN([C@@H](C)c2ccc(B(O)O)cc2)CC1. The Morgan fingerprint density at radius 1 is 1.17 bits per heavy atom. The first-order valence-electron chi connectivity index (χ1n) is 6.78. The molecule has 1 aliphatic rings. The van der Waals surface area contributed by atoms with Crippen molar-refractivity contribution in [1.29, 1.82) is 0 Å². The van der Waals surface area contributed by atoms with Gasteiger partial charge in [-0.2, -0.15) is 0 Å². The number of nitrogens with zero attached hydrogens (tertiary/aromatic N) is 1. The summed E-state index contributed by atoms with van der Waals surface area (Å²) in [5.41, 5.74) is 1.80. The fraction of sp³-hybridized carbons (Fsp3) is 0.571. The zero-order valence-corrected chi connectivity index (χ0v) is 11.2. The van der Waals surface area contributed by atoms with Crippen LogP contribution in [0.15, 0.2) is 24.3 Å². The molecule has 0 aromatic heterocycles. The highest BCUT2D eigenvalue weighted by molar-refractivity contribution is 6.58. The van der Waals surface area contributed by atoms with Gasteiger partial charge in [0.2, 0.25) is 0 Å². The van der Waals surface area contributed by atoms with E-state index in [-0.39, 0.29) is 0 Å². The molecule has 0 saturated carbocycles. The first-order valence-corrected chi connectivity index (χ1v) is 6.78. The number of hydrogen-bond acceptors (Lipinski definition) is 3. The lowest BCUT2D eigenvalue weighted by Crippen LogP contribution is -2.35. The van der Waals surface area contributed by atoms with Crippen LogP contribution in [0.1, 0.15) is 38.3 Å². The van der Waals surface area contributed by atoms with Crippen molar-refractivity contribution in [3.05, 3.63) is 29.8 Å². The van der Waals surface area contributed by atoms with Gasteiger partial charge in [-0.1, -0.05) is 31.2 Å². The van der Waals surface area contributed by atoms with Gasteiger partial charge in [-0.3, -0.25) is 4.90 Å². The molecule has 2 rings (SSSR count). The summed E-state index contributed by atoms with van der Waals surface area (Å²) in [5, 5.41) is 18.2. The van der Waals surface area contributed by atoms with Crippen LogP contribution in [0, 0.1) is 5.92 Å². The fourth-order valence-electron chi connectivity index (χ4n) is 2.57. The summed E-state index contributed by atoms with van der Waals surface area (Å²) in [7, 11) is -1.37. The van der Waals surface area contributed by atoms with Crippen molar-refractivity contribution in [2.24, 2.45) is 5.92 Å². The first kappa shape index (κ1) is 13.6. The molecule has 98 valence electrons.